The van der Waals surface area contributed by atoms with Gasteiger partial charge >= 0.3 is 6.30 Å². The highest BCUT2D eigenvalue weighted by Gasteiger charge is 2.36. The van der Waals surface area contributed by atoms with Gasteiger partial charge in [0.2, 0.25) is 0 Å². The minimum Gasteiger partial charge on any atom is -0.508 e. The van der Waals surface area contributed by atoms with Gasteiger partial charge in [0.15, 0.2) is 0 Å². The summed E-state index contributed by atoms with van der Waals surface area (Å²) in [5.41, 5.74) is 1.26. The number of nitrogens with zero attached hydrogens (tertiary/aromatic N) is 1. The average Bonchev–Trinajstić information content (AvgIpc) is 2.58. The Balaban J connectivity index is 1.91. The number of aromatic hydroxyl groups is 1. The first kappa shape index (κ1) is 19.1. The number of phenolic OH excluding ortho intramolecular Hbond substituents is 1. The molecular weight excluding hydrogens is 331 g/mol. The van der Waals surface area contributed by atoms with Gasteiger partial charge in [-0.3, -0.25) is 0 Å². The van der Waals surface area contributed by atoms with Crippen LogP contribution in [0.3, 0.4) is 0 Å². The fraction of sp³-hybridized carbons (Fsp3) is 0.368. The van der Waals surface area contributed by atoms with Gasteiger partial charge in [-0.2, -0.15) is 13.2 Å². The highest BCUT2D eigenvalue weighted by molar-refractivity contribution is 5.43. The summed E-state index contributed by atoms with van der Waals surface area (Å²) in [7, 11) is 1.50. The van der Waals surface area contributed by atoms with Crippen LogP contribution in [0.2, 0.25) is 0 Å². The SMILES string of the molecule is COc1cccc(O)c1CCCCN(Cc1ccccc1)C(F)(F)F. The van der Waals surface area contributed by atoms with Crippen LogP contribution in [0.25, 0.3) is 0 Å². The maximum Gasteiger partial charge on any atom is 0.460 e. The summed E-state index contributed by atoms with van der Waals surface area (Å²) in [6.07, 6.45) is -3.02. The maximum absolute atomic E-state index is 13.2. The summed E-state index contributed by atoms with van der Waals surface area (Å²) < 4.78 is 44.8. The normalized spacial score (nSPS) is 11.7. The van der Waals surface area contributed by atoms with Crippen LogP contribution in [-0.2, 0) is 13.0 Å². The Labute approximate surface area is 145 Å². The Morgan fingerprint density at radius 3 is 2.36 bits per heavy atom. The molecule has 0 fully saturated rings. The largest absolute Gasteiger partial charge is 0.508 e. The Hall–Kier alpha value is -2.21. The topological polar surface area (TPSA) is 32.7 Å². The van der Waals surface area contributed by atoms with Crippen molar-refractivity contribution in [2.45, 2.75) is 32.1 Å². The Kier molecular flexibility index (Phi) is 6.70. The molecule has 0 saturated carbocycles. The van der Waals surface area contributed by atoms with Crippen LogP contribution < -0.4 is 4.74 Å². The van der Waals surface area contributed by atoms with E-state index in [1.54, 1.807) is 48.5 Å². The molecule has 0 aliphatic heterocycles. The molecule has 0 heterocycles. The van der Waals surface area contributed by atoms with E-state index < -0.39 is 6.30 Å². The predicted octanol–water partition coefficient (Wildman–Crippen LogP) is 4.75. The minimum absolute atomic E-state index is 0.0890. The van der Waals surface area contributed by atoms with Crippen LogP contribution in [0.5, 0.6) is 11.5 Å². The molecule has 0 radical (unpaired) electrons. The molecule has 6 heteroatoms. The molecule has 0 aliphatic carbocycles. The number of unbranched alkanes of at least 4 members (excludes halogenated alkanes) is 1. The maximum atomic E-state index is 13.2. The van der Waals surface area contributed by atoms with Gasteiger partial charge in [-0.1, -0.05) is 36.4 Å². The molecule has 3 nitrogen and oxygen atoms in total. The fourth-order valence-corrected chi connectivity index (χ4v) is 2.70. The zero-order chi connectivity index (χ0) is 18.3. The fourth-order valence-electron chi connectivity index (χ4n) is 2.70. The van der Waals surface area contributed by atoms with Crippen molar-refractivity contribution in [1.82, 2.24) is 4.90 Å². The summed E-state index contributed by atoms with van der Waals surface area (Å²) in [6, 6.07) is 13.6. The second-order valence-electron chi connectivity index (χ2n) is 5.79. The molecule has 136 valence electrons. The van der Waals surface area contributed by atoms with Gasteiger partial charge in [-0.05, 0) is 37.0 Å². The molecule has 0 spiro atoms. The van der Waals surface area contributed by atoms with E-state index >= 15 is 0 Å². The zero-order valence-corrected chi connectivity index (χ0v) is 14.1. The standard InChI is InChI=1S/C19H22F3NO2/c1-25-18-12-7-11-17(24)16(18)10-5-6-13-23(19(20,21)22)14-15-8-3-2-4-9-15/h2-4,7-9,11-12,24H,5-6,10,13-14H2,1H3. The molecule has 0 aliphatic rings. The Bertz CT molecular complexity index is 659. The van der Waals surface area contributed by atoms with Crippen LogP contribution in [0.1, 0.15) is 24.0 Å². The highest BCUT2D eigenvalue weighted by Crippen LogP contribution is 2.29. The van der Waals surface area contributed by atoms with Crippen molar-refractivity contribution in [3.8, 4) is 11.5 Å². The van der Waals surface area contributed by atoms with Crippen molar-refractivity contribution in [3.05, 3.63) is 59.7 Å². The van der Waals surface area contributed by atoms with E-state index in [0.29, 0.717) is 41.0 Å². The van der Waals surface area contributed by atoms with Gasteiger partial charge < -0.3 is 9.84 Å². The van der Waals surface area contributed by atoms with Crippen LogP contribution in [0.4, 0.5) is 13.2 Å². The lowest BCUT2D eigenvalue weighted by Gasteiger charge is -2.25. The van der Waals surface area contributed by atoms with E-state index in [0.717, 1.165) is 0 Å². The Morgan fingerprint density at radius 1 is 1.00 bits per heavy atom. The van der Waals surface area contributed by atoms with Crippen LogP contribution in [-0.4, -0.2) is 30.0 Å². The monoisotopic (exact) mass is 353 g/mol. The molecule has 0 saturated heterocycles. The van der Waals surface area contributed by atoms with E-state index in [9.17, 15) is 18.3 Å². The number of hydrogen-bond donors (Lipinski definition) is 1. The quantitative estimate of drug-likeness (QED) is 0.549. The summed E-state index contributed by atoms with van der Waals surface area (Å²) in [6.45, 7) is -0.251. The number of methoxy groups -OCH3 is 1. The third kappa shape index (κ3) is 5.67. The number of hydrogen-bond acceptors (Lipinski definition) is 3. The summed E-state index contributed by atoms with van der Waals surface area (Å²) in [5, 5.41) is 9.88. The van der Waals surface area contributed by atoms with Gasteiger partial charge in [0.05, 0.1) is 7.11 Å². The van der Waals surface area contributed by atoms with Gasteiger partial charge in [0.1, 0.15) is 11.5 Å². The molecule has 0 bridgehead atoms. The number of rotatable bonds is 8. The van der Waals surface area contributed by atoms with Gasteiger partial charge in [0.25, 0.3) is 0 Å². The van der Waals surface area contributed by atoms with Crippen molar-refractivity contribution in [3.63, 3.8) is 0 Å². The van der Waals surface area contributed by atoms with E-state index in [-0.39, 0.29) is 18.8 Å². The minimum atomic E-state index is -4.37. The molecule has 0 amide bonds. The zero-order valence-electron chi connectivity index (χ0n) is 14.1. The van der Waals surface area contributed by atoms with E-state index in [1.807, 2.05) is 0 Å². The van der Waals surface area contributed by atoms with Gasteiger partial charge in [-0.15, -0.1) is 0 Å². The number of ether oxygens (including phenoxy) is 1. The van der Waals surface area contributed by atoms with Crippen molar-refractivity contribution in [2.75, 3.05) is 13.7 Å². The number of phenols is 1. The second kappa shape index (κ2) is 8.76. The van der Waals surface area contributed by atoms with E-state index in [2.05, 4.69) is 0 Å². The van der Waals surface area contributed by atoms with Crippen molar-refractivity contribution >= 4 is 0 Å². The second-order valence-corrected chi connectivity index (χ2v) is 5.79. The molecule has 0 atom stereocenters. The summed E-state index contributed by atoms with van der Waals surface area (Å²) >= 11 is 0. The van der Waals surface area contributed by atoms with Crippen molar-refractivity contribution in [1.29, 1.82) is 0 Å². The smallest absolute Gasteiger partial charge is 0.460 e. The number of halogens is 3. The molecule has 0 unspecified atom stereocenters. The summed E-state index contributed by atoms with van der Waals surface area (Å²) in [4.78, 5) is 0.518. The molecule has 2 aromatic carbocycles. The predicted molar refractivity (Wildman–Crippen MR) is 90.5 cm³/mol. The first-order valence-corrected chi connectivity index (χ1v) is 8.12. The van der Waals surface area contributed by atoms with Gasteiger partial charge in [-0.25, -0.2) is 4.90 Å². The first-order chi connectivity index (χ1) is 11.9. The lowest BCUT2D eigenvalue weighted by molar-refractivity contribution is -0.249. The average molecular weight is 353 g/mol. The van der Waals surface area contributed by atoms with E-state index in [1.165, 1.54) is 7.11 Å². The highest BCUT2D eigenvalue weighted by atomic mass is 19.4. The van der Waals surface area contributed by atoms with Crippen molar-refractivity contribution in [2.24, 2.45) is 0 Å². The van der Waals surface area contributed by atoms with Gasteiger partial charge in [0, 0.05) is 18.7 Å². The van der Waals surface area contributed by atoms with Crippen molar-refractivity contribution < 1.29 is 23.0 Å². The number of benzene rings is 2. The van der Waals surface area contributed by atoms with Crippen LogP contribution >= 0.6 is 0 Å². The number of alkyl halides is 3. The van der Waals surface area contributed by atoms with E-state index in [4.69, 9.17) is 4.74 Å². The molecule has 25 heavy (non-hydrogen) atoms. The van der Waals surface area contributed by atoms with Crippen LogP contribution in [0.15, 0.2) is 48.5 Å². The lowest BCUT2D eigenvalue weighted by atomic mass is 10.1. The third-order valence-electron chi connectivity index (χ3n) is 4.01. The summed E-state index contributed by atoms with van der Waals surface area (Å²) in [5.74, 6) is 0.660. The first-order valence-electron chi connectivity index (χ1n) is 8.12. The third-order valence-corrected chi connectivity index (χ3v) is 4.01. The Morgan fingerprint density at radius 2 is 1.72 bits per heavy atom. The van der Waals surface area contributed by atoms with Crippen LogP contribution in [0, 0.1) is 0 Å². The lowest BCUT2D eigenvalue weighted by Crippen LogP contribution is -2.38. The molecule has 1 N–H and O–H groups in total. The molecule has 2 aromatic rings. The molecule has 0 aromatic heterocycles. The molecule has 2 rings (SSSR count). The molecular formula is C19H22F3NO2.